The van der Waals surface area contributed by atoms with Crippen LogP contribution in [0.2, 0.25) is 0 Å². The molecule has 0 aliphatic rings. The van der Waals surface area contributed by atoms with E-state index >= 15 is 0 Å². The third-order valence-electron chi connectivity index (χ3n) is 17.6. The summed E-state index contributed by atoms with van der Waals surface area (Å²) >= 11 is 1.31. The minimum Gasteiger partial charge on any atom is -0.481 e. The van der Waals surface area contributed by atoms with Crippen LogP contribution in [0.5, 0.6) is 0 Å². The SMILES string of the molecule is CC[C@H](C)[C@H](NC(=O)[C@H](CCC(N)=O)NC(=O)[C@H](CCC(=O)O)NC(=O)[C@H](C)N)C(=O)N[C@@H](CO)C(=O)N[C@@H](CCC(N)=O)C(=O)N[C@H](C(=O)N[C@@H](CC(C)C)C(=O)N[C@@H](CC(=O)O)C(=O)N[C@@H](CO)C(=O)N[C@@H](CC(C)C)C(=O)N[C@@H](CCC(=O)O)C(=O)N[C@@H](CC(N)=O)C(=O)N[C@@H](CC(C)C)C(=O)N[C@@H](CCSC)C(=O)O)C(C)C. The molecule has 0 aromatic rings. The Labute approximate surface area is 680 Å². The van der Waals surface area contributed by atoms with E-state index in [0.29, 0.717) is 5.75 Å². The molecule has 0 aromatic carbocycles. The van der Waals surface area contributed by atoms with Gasteiger partial charge in [0.15, 0.2) is 0 Å². The van der Waals surface area contributed by atoms with Gasteiger partial charge in [0.05, 0.1) is 32.1 Å². The molecule has 0 aromatic heterocycles. The number of primary amides is 3. The molecule has 28 N–H and O–H groups in total. The van der Waals surface area contributed by atoms with Crippen LogP contribution in [0.4, 0.5) is 0 Å². The molecule has 46 heteroatoms. The predicted molar refractivity (Wildman–Crippen MR) is 415 cm³/mol. The Bertz CT molecular complexity index is 3480. The van der Waals surface area contributed by atoms with Gasteiger partial charge in [0.2, 0.25) is 100 Å². The molecule has 0 fully saturated rings. The van der Waals surface area contributed by atoms with Crippen LogP contribution in [0.25, 0.3) is 0 Å². The number of nitrogens with two attached hydrogens (primary N) is 4. The minimum absolute atomic E-state index is 0.00726. The van der Waals surface area contributed by atoms with Crippen molar-refractivity contribution in [1.29, 1.82) is 0 Å². The molecule has 16 atom stereocenters. The van der Waals surface area contributed by atoms with Crippen LogP contribution in [0, 0.1) is 29.6 Å². The predicted octanol–water partition coefficient (Wildman–Crippen LogP) is -7.61. The second-order valence-electron chi connectivity index (χ2n) is 29.6. The molecule has 662 valence electrons. The number of aliphatic carboxylic acids is 4. The number of carboxylic acids is 4. The lowest BCUT2D eigenvalue weighted by Gasteiger charge is -2.30. The molecule has 117 heavy (non-hydrogen) atoms. The van der Waals surface area contributed by atoms with Crippen molar-refractivity contribution in [1.82, 2.24) is 74.4 Å². The van der Waals surface area contributed by atoms with Crippen molar-refractivity contribution in [2.75, 3.05) is 25.2 Å². The molecule has 0 bridgehead atoms. The first-order valence-corrected chi connectivity index (χ1v) is 39.3. The summed E-state index contributed by atoms with van der Waals surface area (Å²) < 4.78 is 0. The van der Waals surface area contributed by atoms with E-state index in [1.54, 1.807) is 54.7 Å². The summed E-state index contributed by atoms with van der Waals surface area (Å²) in [7, 11) is 0. The van der Waals surface area contributed by atoms with E-state index in [9.17, 15) is 131 Å². The molecule has 0 saturated heterocycles. The number of thioether (sulfide) groups is 1. The monoisotopic (exact) mass is 1690 g/mol. The van der Waals surface area contributed by atoms with E-state index in [1.165, 1.54) is 39.5 Å². The van der Waals surface area contributed by atoms with E-state index in [1.807, 2.05) is 0 Å². The number of carboxylic acid groups (broad SMARTS) is 4. The highest BCUT2D eigenvalue weighted by Crippen LogP contribution is 2.16. The van der Waals surface area contributed by atoms with E-state index < -0.39 is 316 Å². The number of aliphatic hydroxyl groups excluding tert-OH is 2. The highest BCUT2D eigenvalue weighted by molar-refractivity contribution is 7.98. The molecule has 0 aliphatic carbocycles. The summed E-state index contributed by atoms with van der Waals surface area (Å²) in [5.41, 5.74) is 21.8. The van der Waals surface area contributed by atoms with E-state index in [2.05, 4.69) is 74.4 Å². The van der Waals surface area contributed by atoms with Gasteiger partial charge in [0, 0.05) is 25.7 Å². The highest BCUT2D eigenvalue weighted by atomic mass is 32.2. The van der Waals surface area contributed by atoms with Gasteiger partial charge >= 0.3 is 23.9 Å². The van der Waals surface area contributed by atoms with Gasteiger partial charge in [-0.15, -0.1) is 0 Å². The van der Waals surface area contributed by atoms with Crippen LogP contribution in [-0.4, -0.2) is 271 Å². The Morgan fingerprint density at radius 1 is 0.308 bits per heavy atom. The third kappa shape index (κ3) is 42.0. The van der Waals surface area contributed by atoms with Crippen LogP contribution in [0.1, 0.15) is 172 Å². The Morgan fingerprint density at radius 2 is 0.581 bits per heavy atom. The van der Waals surface area contributed by atoms with Crippen LogP contribution in [0.15, 0.2) is 0 Å². The normalized spacial score (nSPS) is 15.3. The standard InChI is InChI=1S/C71H120N18O27S/c1-13-35(10)56(89-61(105)38(15-19-50(74)93)77-58(102)39(16-20-52(95)96)76-57(101)36(11)72)70(114)87-48(30-91)67(111)79-37(14-18-49(73)92)60(104)88-55(34(8)9)69(113)85-44(26-33(6)7)64(108)84-46(28-54(99)100)66(110)86-47(29-90)68(112)82-42(24-31(2)3)62(106)78-40(17-21-53(97)98)59(103)83-45(27-51(75)94)65(109)81-43(25-32(4)5)63(107)80-41(71(115)116)22-23-117-12/h31-48,55-56,90-91H,13-30,72H2,1-12H3,(H2,73,92)(H2,74,93)(H2,75,94)(H,76,101)(H,77,102)(H,78,106)(H,79,111)(H,80,107)(H,81,109)(H,82,112)(H,83,103)(H,84,108)(H,85,113)(H,86,110)(H,87,114)(H,88,104)(H,89,105)(H,95,96)(H,97,98)(H,99,100)(H,115,116)/t35-,36-,37-,38-,39-,40-,41-,42-,43-,44-,45-,46-,47-,48-,55-,56-/m0/s1. The zero-order chi connectivity index (χ0) is 90.0. The highest BCUT2D eigenvalue weighted by Gasteiger charge is 2.40. The van der Waals surface area contributed by atoms with Crippen molar-refractivity contribution < 1.29 is 131 Å². The summed E-state index contributed by atoms with van der Waals surface area (Å²) in [5.74, 6) is -28.0. The van der Waals surface area contributed by atoms with Gasteiger partial charge in [-0.1, -0.05) is 75.7 Å². The fourth-order valence-electron chi connectivity index (χ4n) is 11.0. The van der Waals surface area contributed by atoms with Gasteiger partial charge in [-0.05, 0) is 99.9 Å². The second-order valence-corrected chi connectivity index (χ2v) is 30.6. The lowest BCUT2D eigenvalue weighted by atomic mass is 9.97. The first kappa shape index (κ1) is 106. The molecule has 0 unspecified atom stereocenters. The van der Waals surface area contributed by atoms with Gasteiger partial charge in [-0.2, -0.15) is 11.8 Å². The molecule has 45 nitrogen and oxygen atoms in total. The first-order valence-electron chi connectivity index (χ1n) is 37.9. The number of amides is 17. The zero-order valence-electron chi connectivity index (χ0n) is 67.7. The Kier molecular flexibility index (Phi) is 49.1. The number of carbonyl (C=O) groups excluding carboxylic acids is 17. The fourth-order valence-corrected chi connectivity index (χ4v) is 11.5. The average molecular weight is 1690 g/mol. The zero-order valence-corrected chi connectivity index (χ0v) is 68.6. The summed E-state index contributed by atoms with van der Waals surface area (Å²) in [4.78, 5) is 278. The summed E-state index contributed by atoms with van der Waals surface area (Å²) in [6, 6.07) is -25.6. The number of hydrogen-bond donors (Lipinski definition) is 24. The minimum atomic E-state index is -2.13. The van der Waals surface area contributed by atoms with Gasteiger partial charge in [0.25, 0.3) is 0 Å². The van der Waals surface area contributed by atoms with E-state index in [4.69, 9.17) is 22.9 Å². The summed E-state index contributed by atoms with van der Waals surface area (Å²) in [6.45, 7) is 14.4. The van der Waals surface area contributed by atoms with Crippen molar-refractivity contribution >= 4 is 136 Å². The molecule has 0 rings (SSSR count). The van der Waals surface area contributed by atoms with Crippen molar-refractivity contribution in [3.8, 4) is 0 Å². The summed E-state index contributed by atoms with van der Waals surface area (Å²) in [6.07, 6.45) is -5.74. The molecule has 0 saturated carbocycles. The summed E-state index contributed by atoms with van der Waals surface area (Å²) in [5, 5.41) is 91.9. The molecule has 0 spiro atoms. The number of nitrogens with one attached hydrogen (secondary N) is 14. The Morgan fingerprint density at radius 3 is 0.889 bits per heavy atom. The van der Waals surface area contributed by atoms with Crippen LogP contribution in [-0.2, 0) is 101 Å². The third-order valence-corrected chi connectivity index (χ3v) is 18.2. The average Bonchev–Trinajstić information content (AvgIpc) is 0.852. The maximum atomic E-state index is 14.3. The smallest absolute Gasteiger partial charge is 0.326 e. The fraction of sp³-hybridized carbons (Fsp3) is 0.704. The lowest BCUT2D eigenvalue weighted by molar-refractivity contribution is -0.143. The maximum absolute atomic E-state index is 14.3. The van der Waals surface area contributed by atoms with E-state index in [0.717, 1.165) is 0 Å². The molecule has 0 heterocycles. The number of hydrogen-bond acceptors (Lipinski definition) is 25. The number of aliphatic hydroxyl groups is 2. The largest absolute Gasteiger partial charge is 0.481 e. The lowest BCUT2D eigenvalue weighted by Crippen LogP contribution is -2.62. The molecule has 17 amide bonds. The van der Waals surface area contributed by atoms with Gasteiger partial charge < -0.3 is 128 Å². The molecule has 0 aliphatic heterocycles. The van der Waals surface area contributed by atoms with E-state index in [-0.39, 0.29) is 38.0 Å². The quantitative estimate of drug-likeness (QED) is 0.0269. The van der Waals surface area contributed by atoms with Crippen molar-refractivity contribution in [2.45, 2.75) is 263 Å². The van der Waals surface area contributed by atoms with Crippen molar-refractivity contribution in [3.63, 3.8) is 0 Å². The topological polar surface area (TPSA) is 752 Å². The molecule has 0 radical (unpaired) electrons. The van der Waals surface area contributed by atoms with Crippen molar-refractivity contribution in [3.05, 3.63) is 0 Å². The Balaban J connectivity index is 7.04. The molecular weight excluding hydrogens is 1570 g/mol. The van der Waals surface area contributed by atoms with Gasteiger partial charge in [-0.25, -0.2) is 4.79 Å². The van der Waals surface area contributed by atoms with Crippen LogP contribution in [0.3, 0.4) is 0 Å². The van der Waals surface area contributed by atoms with Gasteiger partial charge in [0.1, 0.15) is 84.6 Å². The second kappa shape index (κ2) is 54.1. The first-order chi connectivity index (χ1) is 54.4. The number of rotatable bonds is 59. The Hall–Kier alpha value is -10.9. The van der Waals surface area contributed by atoms with Gasteiger partial charge in [-0.3, -0.25) is 95.9 Å². The number of carbonyl (C=O) groups is 21. The van der Waals surface area contributed by atoms with Crippen LogP contribution < -0.4 is 97.4 Å². The molecular formula is C71H120N18O27S. The van der Waals surface area contributed by atoms with Crippen molar-refractivity contribution in [2.24, 2.45) is 52.5 Å². The maximum Gasteiger partial charge on any atom is 0.326 e. The van der Waals surface area contributed by atoms with Crippen LogP contribution >= 0.6 is 11.8 Å².